The molecular weight excluding hydrogens is 314 g/mol. The number of sulfonamides is 1. The second-order valence-corrected chi connectivity index (χ2v) is 7.82. The zero-order valence-corrected chi connectivity index (χ0v) is 13.8. The highest BCUT2D eigenvalue weighted by molar-refractivity contribution is 7.89. The Labute approximate surface area is 130 Å². The largest absolute Gasteiger partial charge is 0.307 e. The van der Waals surface area contributed by atoms with Gasteiger partial charge in [-0.1, -0.05) is 18.5 Å². The third-order valence-electron chi connectivity index (χ3n) is 3.79. The van der Waals surface area contributed by atoms with Gasteiger partial charge in [-0.2, -0.15) is 4.31 Å². The topological polar surface area (TPSA) is 91.6 Å². The predicted molar refractivity (Wildman–Crippen MR) is 82.5 cm³/mol. The molecule has 0 aliphatic carbocycles. The maximum atomic E-state index is 12.7. The fourth-order valence-corrected chi connectivity index (χ4v) is 4.41. The van der Waals surface area contributed by atoms with E-state index in [1.165, 1.54) is 16.6 Å². The van der Waals surface area contributed by atoms with Gasteiger partial charge in [-0.25, -0.2) is 19.2 Å². The number of aromatic nitrogens is 1. The molecule has 1 fully saturated rings. The van der Waals surface area contributed by atoms with Crippen LogP contribution < -0.4 is 11.3 Å². The molecule has 0 bridgehead atoms. The molecule has 118 valence electrons. The van der Waals surface area contributed by atoms with Gasteiger partial charge in [0.2, 0.25) is 10.0 Å². The number of hydrazine groups is 1. The number of hydrogen-bond acceptors (Lipinski definition) is 6. The van der Waals surface area contributed by atoms with Crippen LogP contribution in [0.25, 0.3) is 0 Å². The van der Waals surface area contributed by atoms with Crippen LogP contribution in [0.5, 0.6) is 0 Å². The molecule has 1 aliphatic rings. The summed E-state index contributed by atoms with van der Waals surface area (Å²) in [7, 11) is 0.317. The van der Waals surface area contributed by atoms with E-state index < -0.39 is 10.0 Å². The van der Waals surface area contributed by atoms with Gasteiger partial charge in [0.15, 0.2) is 5.82 Å². The van der Waals surface area contributed by atoms with Crippen molar-refractivity contribution in [1.29, 1.82) is 0 Å². The highest BCUT2D eigenvalue weighted by Crippen LogP contribution is 2.28. The van der Waals surface area contributed by atoms with E-state index in [4.69, 9.17) is 17.4 Å². The third kappa shape index (κ3) is 3.14. The molecule has 0 aromatic carbocycles. The molecule has 2 rings (SSSR count). The molecule has 1 aromatic heterocycles. The van der Waals surface area contributed by atoms with Crippen molar-refractivity contribution in [1.82, 2.24) is 14.2 Å². The van der Waals surface area contributed by atoms with Gasteiger partial charge in [-0.15, -0.1) is 0 Å². The van der Waals surface area contributed by atoms with Crippen molar-refractivity contribution in [2.75, 3.05) is 32.6 Å². The molecule has 21 heavy (non-hydrogen) atoms. The average molecular weight is 334 g/mol. The summed E-state index contributed by atoms with van der Waals surface area (Å²) in [6, 6.07) is 1.57. The zero-order chi connectivity index (χ0) is 15.8. The predicted octanol–water partition coefficient (Wildman–Crippen LogP) is 0.591. The monoisotopic (exact) mass is 333 g/mol. The normalized spacial score (nSPS) is 23.7. The van der Waals surface area contributed by atoms with Crippen molar-refractivity contribution in [3.05, 3.63) is 17.3 Å². The van der Waals surface area contributed by atoms with Crippen molar-refractivity contribution in [3.63, 3.8) is 0 Å². The van der Waals surface area contributed by atoms with Crippen LogP contribution in [0.2, 0.25) is 5.02 Å². The van der Waals surface area contributed by atoms with Gasteiger partial charge >= 0.3 is 0 Å². The molecule has 0 saturated carbocycles. The van der Waals surface area contributed by atoms with Crippen LogP contribution in [0.1, 0.15) is 6.92 Å². The van der Waals surface area contributed by atoms with Gasteiger partial charge in [0.05, 0.1) is 5.02 Å². The Morgan fingerprint density at radius 3 is 2.62 bits per heavy atom. The summed E-state index contributed by atoms with van der Waals surface area (Å²) in [5.74, 6) is 5.75. The van der Waals surface area contributed by atoms with Crippen molar-refractivity contribution < 1.29 is 8.42 Å². The van der Waals surface area contributed by atoms with Crippen LogP contribution in [-0.4, -0.2) is 55.8 Å². The van der Waals surface area contributed by atoms with Crippen molar-refractivity contribution in [2.24, 2.45) is 11.8 Å². The molecule has 2 atom stereocenters. The summed E-state index contributed by atoms with van der Waals surface area (Å²) < 4.78 is 26.8. The number of halogens is 1. The lowest BCUT2D eigenvalue weighted by molar-refractivity contribution is 0.263. The van der Waals surface area contributed by atoms with E-state index in [0.29, 0.717) is 13.1 Å². The fraction of sp³-hybridized carbons (Fsp3) is 0.583. The Bertz CT molecular complexity index is 622. The Balaban J connectivity index is 2.29. The first-order valence-corrected chi connectivity index (χ1v) is 8.38. The minimum absolute atomic E-state index is 0.0816. The highest BCUT2D eigenvalue weighted by Gasteiger charge is 2.38. The lowest BCUT2D eigenvalue weighted by Gasteiger charge is -2.22. The van der Waals surface area contributed by atoms with Crippen LogP contribution >= 0.6 is 11.6 Å². The van der Waals surface area contributed by atoms with Crippen LogP contribution in [0, 0.1) is 5.92 Å². The minimum atomic E-state index is -3.59. The van der Waals surface area contributed by atoms with Crippen molar-refractivity contribution >= 4 is 27.4 Å². The number of hydrogen-bond donors (Lipinski definition) is 2. The van der Waals surface area contributed by atoms with Crippen molar-refractivity contribution in [2.45, 2.75) is 17.9 Å². The van der Waals surface area contributed by atoms with Crippen LogP contribution in [-0.2, 0) is 10.0 Å². The molecule has 1 aromatic rings. The quantitative estimate of drug-likeness (QED) is 0.619. The Kier molecular flexibility index (Phi) is 4.74. The van der Waals surface area contributed by atoms with Gasteiger partial charge in [0, 0.05) is 25.3 Å². The first-order chi connectivity index (χ1) is 9.77. The number of pyridine rings is 1. The molecule has 7 nitrogen and oxygen atoms in total. The van der Waals surface area contributed by atoms with E-state index in [9.17, 15) is 8.42 Å². The van der Waals surface area contributed by atoms with Gasteiger partial charge < -0.3 is 10.3 Å². The van der Waals surface area contributed by atoms with E-state index in [2.05, 4.69) is 10.4 Å². The second kappa shape index (κ2) is 6.05. The molecular formula is C12H20ClN5O2S. The summed E-state index contributed by atoms with van der Waals surface area (Å²) in [4.78, 5) is 6.05. The molecule has 0 spiro atoms. The van der Waals surface area contributed by atoms with E-state index in [1.54, 1.807) is 0 Å². The molecule has 2 heterocycles. The Morgan fingerprint density at radius 1 is 1.48 bits per heavy atom. The maximum absolute atomic E-state index is 12.7. The number of likely N-dealkylation sites (N-methyl/N-ethyl adjacent to an activating group) is 1. The average Bonchev–Trinajstić information content (AvgIpc) is 2.81. The highest BCUT2D eigenvalue weighted by atomic mass is 35.5. The smallest absolute Gasteiger partial charge is 0.244 e. The molecule has 0 radical (unpaired) electrons. The van der Waals surface area contributed by atoms with Crippen LogP contribution in [0.4, 0.5) is 5.82 Å². The van der Waals surface area contributed by atoms with Crippen LogP contribution in [0.3, 0.4) is 0 Å². The zero-order valence-electron chi connectivity index (χ0n) is 12.2. The Hall–Kier alpha value is -0.930. The SMILES string of the molecule is CC1CN(S(=O)(=O)c2cnc(NN)c(Cl)c2)CC1N(C)C. The summed E-state index contributed by atoms with van der Waals surface area (Å²) in [6.45, 7) is 3.00. The third-order valence-corrected chi connectivity index (χ3v) is 5.88. The van der Waals surface area contributed by atoms with Gasteiger partial charge in [-0.05, 0) is 26.1 Å². The van der Waals surface area contributed by atoms with Gasteiger partial charge in [0.25, 0.3) is 0 Å². The maximum Gasteiger partial charge on any atom is 0.244 e. The summed E-state index contributed by atoms with van der Waals surface area (Å²) in [5, 5.41) is 0.176. The molecule has 0 amide bonds. The number of nitrogens with one attached hydrogen (secondary N) is 1. The lowest BCUT2D eigenvalue weighted by Crippen LogP contribution is -2.35. The number of nitrogen functional groups attached to an aromatic ring is 1. The first-order valence-electron chi connectivity index (χ1n) is 6.56. The summed E-state index contributed by atoms with van der Waals surface area (Å²) >= 11 is 5.95. The standard InChI is InChI=1S/C12H20ClN5O2S/c1-8-6-18(7-11(8)17(2)3)21(19,20)9-4-10(13)12(16-14)15-5-9/h4-5,8,11H,6-7,14H2,1-3H3,(H,15,16). The summed E-state index contributed by atoms with van der Waals surface area (Å²) in [6.07, 6.45) is 1.27. The number of anilines is 1. The number of rotatable bonds is 4. The molecule has 2 unspecified atom stereocenters. The fourth-order valence-electron chi connectivity index (χ4n) is 2.59. The van der Waals surface area contributed by atoms with Crippen LogP contribution in [0.15, 0.2) is 17.2 Å². The molecule has 1 aliphatic heterocycles. The lowest BCUT2D eigenvalue weighted by atomic mass is 10.1. The number of nitrogens with zero attached hydrogens (tertiary/aromatic N) is 3. The summed E-state index contributed by atoms with van der Waals surface area (Å²) in [5.41, 5.74) is 2.31. The Morgan fingerprint density at radius 2 is 2.14 bits per heavy atom. The first kappa shape index (κ1) is 16.4. The van der Waals surface area contributed by atoms with Gasteiger partial charge in [0.1, 0.15) is 4.90 Å². The van der Waals surface area contributed by atoms with Gasteiger partial charge in [-0.3, -0.25) is 0 Å². The molecule has 1 saturated heterocycles. The van der Waals surface area contributed by atoms with E-state index in [-0.39, 0.29) is 27.7 Å². The van der Waals surface area contributed by atoms with E-state index >= 15 is 0 Å². The second-order valence-electron chi connectivity index (χ2n) is 5.48. The van der Waals surface area contributed by atoms with Crippen molar-refractivity contribution in [3.8, 4) is 0 Å². The number of nitrogens with two attached hydrogens (primary N) is 1. The molecule has 3 N–H and O–H groups in total. The van der Waals surface area contributed by atoms with E-state index in [0.717, 1.165) is 0 Å². The minimum Gasteiger partial charge on any atom is -0.307 e. The van der Waals surface area contributed by atoms with E-state index in [1.807, 2.05) is 25.9 Å². The molecule has 9 heteroatoms.